The van der Waals surface area contributed by atoms with Gasteiger partial charge in [0.15, 0.2) is 11.8 Å². The van der Waals surface area contributed by atoms with Crippen LogP contribution in [-0.2, 0) is 14.4 Å². The third-order valence-electron chi connectivity index (χ3n) is 4.35. The van der Waals surface area contributed by atoms with Crippen LogP contribution in [0, 0.1) is 0 Å². The first-order chi connectivity index (χ1) is 13.9. The van der Waals surface area contributed by atoms with Crippen molar-refractivity contribution in [3.63, 3.8) is 0 Å². The van der Waals surface area contributed by atoms with E-state index < -0.39 is 30.2 Å². The van der Waals surface area contributed by atoms with Gasteiger partial charge >= 0.3 is 0 Å². The van der Waals surface area contributed by atoms with Crippen molar-refractivity contribution < 1.29 is 24.3 Å². The van der Waals surface area contributed by atoms with Gasteiger partial charge in [0, 0.05) is 19.7 Å². The van der Waals surface area contributed by atoms with Gasteiger partial charge in [0.25, 0.3) is 5.91 Å². The highest BCUT2D eigenvalue weighted by Gasteiger charge is 2.32. The highest BCUT2D eigenvalue weighted by molar-refractivity contribution is 6.10. The first-order valence-electron chi connectivity index (χ1n) is 8.82. The van der Waals surface area contributed by atoms with Gasteiger partial charge in [-0.05, 0) is 28.8 Å². The number of aliphatic hydroxyl groups is 1. The molecule has 29 heavy (non-hydrogen) atoms. The number of likely N-dealkylation sites (N-methyl/N-ethyl adjacent to an activating group) is 2. The van der Waals surface area contributed by atoms with E-state index in [0.717, 1.165) is 21.6 Å². The predicted molar refractivity (Wildman–Crippen MR) is 109 cm³/mol. The van der Waals surface area contributed by atoms with E-state index in [9.17, 15) is 14.4 Å². The van der Waals surface area contributed by atoms with Crippen LogP contribution in [0.3, 0.4) is 0 Å². The summed E-state index contributed by atoms with van der Waals surface area (Å²) in [5, 5.41) is 15.1. The number of Topliss-reactive ketones (excluding diaryl/α,β-unsaturated/α-hetero) is 1. The summed E-state index contributed by atoms with van der Waals surface area (Å²) in [7, 11) is 4.19. The molecule has 0 bridgehead atoms. The molecule has 0 radical (unpaired) electrons. The van der Waals surface area contributed by atoms with Crippen LogP contribution in [0.1, 0.15) is 15.9 Å². The second-order valence-corrected chi connectivity index (χ2v) is 6.17. The molecule has 0 aliphatic rings. The maximum Gasteiger partial charge on any atom is 0.254 e. The number of nitrogens with zero attached hydrogens (tertiary/aromatic N) is 2. The molecular formula is C21H23N3O5. The Kier molecular flexibility index (Phi) is 7.62. The van der Waals surface area contributed by atoms with Crippen LogP contribution < -0.4 is 5.32 Å². The van der Waals surface area contributed by atoms with Crippen LogP contribution in [0.15, 0.2) is 53.7 Å². The SMILES string of the molecule is CNC(=O)C(C(=O)CO)N(C)C(=O)c1ccc(-c2ccc(/C=N/OC)cc2)cc1. The summed E-state index contributed by atoms with van der Waals surface area (Å²) < 4.78 is 0. The average molecular weight is 397 g/mol. The molecule has 8 nitrogen and oxygen atoms in total. The molecule has 0 aliphatic heterocycles. The molecular weight excluding hydrogens is 374 g/mol. The standard InChI is InChI=1S/C21H23N3O5/c1-22-20(27)19(18(26)13-25)24(2)21(28)17-10-8-16(9-11-17)15-6-4-14(5-7-15)12-23-29-3/h4-12,19,25H,13H2,1-3H3,(H,22,27)/b23-12+. The maximum absolute atomic E-state index is 12.7. The quantitative estimate of drug-likeness (QED) is 0.394. The fraction of sp³-hybridized carbons (Fsp3) is 0.238. The third kappa shape index (κ3) is 5.26. The molecule has 0 saturated heterocycles. The van der Waals surface area contributed by atoms with Gasteiger partial charge in [0.2, 0.25) is 5.91 Å². The third-order valence-corrected chi connectivity index (χ3v) is 4.35. The lowest BCUT2D eigenvalue weighted by Crippen LogP contribution is -2.52. The van der Waals surface area contributed by atoms with Gasteiger partial charge in [-0.2, -0.15) is 0 Å². The van der Waals surface area contributed by atoms with Crippen LogP contribution >= 0.6 is 0 Å². The smallest absolute Gasteiger partial charge is 0.254 e. The summed E-state index contributed by atoms with van der Waals surface area (Å²) in [6.07, 6.45) is 1.60. The highest BCUT2D eigenvalue weighted by Crippen LogP contribution is 2.21. The van der Waals surface area contributed by atoms with E-state index in [2.05, 4.69) is 15.3 Å². The minimum atomic E-state index is -1.39. The molecule has 2 aromatic rings. The topological polar surface area (TPSA) is 108 Å². The van der Waals surface area contributed by atoms with E-state index in [1.165, 1.54) is 21.2 Å². The lowest BCUT2D eigenvalue weighted by atomic mass is 10.0. The maximum atomic E-state index is 12.7. The number of hydrogen-bond acceptors (Lipinski definition) is 6. The van der Waals surface area contributed by atoms with Crippen LogP contribution in [0.25, 0.3) is 11.1 Å². The van der Waals surface area contributed by atoms with Crippen LogP contribution in [0.2, 0.25) is 0 Å². The molecule has 152 valence electrons. The van der Waals surface area contributed by atoms with E-state index in [-0.39, 0.29) is 0 Å². The summed E-state index contributed by atoms with van der Waals surface area (Å²) in [5.74, 6) is -1.92. The fourth-order valence-electron chi connectivity index (χ4n) is 2.76. The Balaban J connectivity index is 2.20. The Hall–Kier alpha value is -3.52. The van der Waals surface area contributed by atoms with Gasteiger partial charge in [-0.25, -0.2) is 0 Å². The number of benzene rings is 2. The zero-order chi connectivity index (χ0) is 21.4. The summed E-state index contributed by atoms with van der Waals surface area (Å²) in [6, 6.07) is 13.0. The van der Waals surface area contributed by atoms with E-state index in [1.807, 2.05) is 24.3 Å². The first-order valence-corrected chi connectivity index (χ1v) is 8.82. The van der Waals surface area contributed by atoms with E-state index in [0.29, 0.717) is 5.56 Å². The van der Waals surface area contributed by atoms with E-state index >= 15 is 0 Å². The van der Waals surface area contributed by atoms with Crippen molar-refractivity contribution in [1.29, 1.82) is 0 Å². The molecule has 0 aliphatic carbocycles. The molecule has 0 heterocycles. The number of hydrogen-bond donors (Lipinski definition) is 2. The number of aliphatic hydroxyl groups excluding tert-OH is 1. The van der Waals surface area contributed by atoms with Gasteiger partial charge < -0.3 is 20.2 Å². The highest BCUT2D eigenvalue weighted by atomic mass is 16.6. The van der Waals surface area contributed by atoms with Crippen molar-refractivity contribution in [2.24, 2.45) is 5.16 Å². The minimum absolute atomic E-state index is 0.319. The van der Waals surface area contributed by atoms with Crippen molar-refractivity contribution in [3.05, 3.63) is 59.7 Å². The lowest BCUT2D eigenvalue weighted by molar-refractivity contribution is -0.135. The molecule has 1 unspecified atom stereocenters. The van der Waals surface area contributed by atoms with Crippen molar-refractivity contribution >= 4 is 23.8 Å². The predicted octanol–water partition coefficient (Wildman–Crippen LogP) is 1.08. The lowest BCUT2D eigenvalue weighted by Gasteiger charge is -2.25. The summed E-state index contributed by atoms with van der Waals surface area (Å²) >= 11 is 0. The van der Waals surface area contributed by atoms with Crippen LogP contribution in [-0.4, -0.2) is 67.7 Å². The van der Waals surface area contributed by atoms with Gasteiger partial charge in [0.05, 0.1) is 6.21 Å². The Labute approximate surface area is 168 Å². The summed E-state index contributed by atoms with van der Waals surface area (Å²) in [4.78, 5) is 42.2. The first kappa shape index (κ1) is 21.8. The molecule has 2 rings (SSSR count). The second-order valence-electron chi connectivity index (χ2n) is 6.17. The second kappa shape index (κ2) is 10.1. The Morgan fingerprint density at radius 1 is 1.10 bits per heavy atom. The summed E-state index contributed by atoms with van der Waals surface area (Å²) in [6.45, 7) is -0.834. The molecule has 0 spiro atoms. The number of rotatable bonds is 8. The van der Waals surface area contributed by atoms with Crippen LogP contribution in [0.4, 0.5) is 0 Å². The number of carbonyl (C=O) groups excluding carboxylic acids is 3. The van der Waals surface area contributed by atoms with Crippen molar-refractivity contribution in [3.8, 4) is 11.1 Å². The molecule has 2 aromatic carbocycles. The van der Waals surface area contributed by atoms with Crippen LogP contribution in [0.5, 0.6) is 0 Å². The van der Waals surface area contributed by atoms with Gasteiger partial charge in [-0.1, -0.05) is 41.6 Å². The zero-order valence-corrected chi connectivity index (χ0v) is 16.5. The summed E-state index contributed by atoms with van der Waals surface area (Å²) in [5.41, 5.74) is 3.05. The fourth-order valence-corrected chi connectivity index (χ4v) is 2.76. The van der Waals surface area contributed by atoms with Gasteiger partial charge in [-0.3, -0.25) is 14.4 Å². The van der Waals surface area contributed by atoms with Gasteiger partial charge in [0.1, 0.15) is 13.7 Å². The normalized spacial score (nSPS) is 11.7. The monoisotopic (exact) mass is 397 g/mol. The number of amides is 2. The average Bonchev–Trinajstić information content (AvgIpc) is 2.77. The van der Waals surface area contributed by atoms with Crippen molar-refractivity contribution in [2.75, 3.05) is 27.8 Å². The molecule has 0 aromatic heterocycles. The number of nitrogens with one attached hydrogen (secondary N) is 1. The largest absolute Gasteiger partial charge is 0.399 e. The Bertz CT molecular complexity index is 876. The number of ketones is 1. The Morgan fingerprint density at radius 2 is 1.66 bits per heavy atom. The number of oxime groups is 1. The molecule has 2 N–H and O–H groups in total. The molecule has 8 heteroatoms. The molecule has 0 fully saturated rings. The zero-order valence-electron chi connectivity index (χ0n) is 16.5. The van der Waals surface area contributed by atoms with E-state index in [1.54, 1.807) is 30.5 Å². The van der Waals surface area contributed by atoms with Crippen molar-refractivity contribution in [2.45, 2.75) is 6.04 Å². The molecule has 1 atom stereocenters. The number of carbonyl (C=O) groups is 3. The van der Waals surface area contributed by atoms with Gasteiger partial charge in [-0.15, -0.1) is 0 Å². The van der Waals surface area contributed by atoms with Crippen molar-refractivity contribution in [1.82, 2.24) is 10.2 Å². The minimum Gasteiger partial charge on any atom is -0.399 e. The molecule has 2 amide bonds. The Morgan fingerprint density at radius 3 is 2.14 bits per heavy atom. The molecule has 0 saturated carbocycles. The van der Waals surface area contributed by atoms with E-state index in [4.69, 9.17) is 5.11 Å².